The molecule has 2 fully saturated rings. The lowest BCUT2D eigenvalue weighted by Crippen LogP contribution is -2.66. The molecular formula is C25H23FN2O2. The molecule has 1 amide bonds. The smallest absolute Gasteiger partial charge is 0.227 e. The number of aliphatic hydroxyl groups is 1. The summed E-state index contributed by atoms with van der Waals surface area (Å²) >= 11 is 0. The highest BCUT2D eigenvalue weighted by molar-refractivity contribution is 5.82. The minimum absolute atomic E-state index is 0.0103. The number of hydrogen-bond donors (Lipinski definition) is 1. The fraction of sp³-hybridized carbons (Fsp3) is 0.360. The summed E-state index contributed by atoms with van der Waals surface area (Å²) in [5.74, 6) is 5.54. The number of nitriles is 1. The van der Waals surface area contributed by atoms with Crippen LogP contribution in [-0.2, 0) is 4.79 Å². The molecule has 0 aromatic heterocycles. The summed E-state index contributed by atoms with van der Waals surface area (Å²) in [6.07, 6.45) is 3.85. The summed E-state index contributed by atoms with van der Waals surface area (Å²) in [4.78, 5) is 14.5. The van der Waals surface area contributed by atoms with E-state index in [9.17, 15) is 19.6 Å². The van der Waals surface area contributed by atoms with E-state index in [1.807, 2.05) is 24.3 Å². The molecule has 2 aromatic rings. The predicted molar refractivity (Wildman–Crippen MR) is 111 cm³/mol. The van der Waals surface area contributed by atoms with Crippen LogP contribution in [0.15, 0.2) is 48.5 Å². The van der Waals surface area contributed by atoms with Crippen LogP contribution in [0.25, 0.3) is 0 Å². The van der Waals surface area contributed by atoms with Gasteiger partial charge in [0.05, 0.1) is 18.7 Å². The van der Waals surface area contributed by atoms with Gasteiger partial charge in [-0.3, -0.25) is 4.79 Å². The van der Waals surface area contributed by atoms with E-state index in [1.54, 1.807) is 17.0 Å². The summed E-state index contributed by atoms with van der Waals surface area (Å²) in [7, 11) is 0. The molecule has 4 nitrogen and oxygen atoms in total. The zero-order chi connectivity index (χ0) is 21.1. The molecule has 0 radical (unpaired) electrons. The maximum atomic E-state index is 13.0. The molecule has 1 saturated heterocycles. The Bertz CT molecular complexity index is 1010. The van der Waals surface area contributed by atoms with Crippen molar-refractivity contribution in [2.45, 2.75) is 43.7 Å². The molecule has 2 aromatic carbocycles. The molecule has 1 aliphatic carbocycles. The Labute approximate surface area is 175 Å². The van der Waals surface area contributed by atoms with Crippen LogP contribution in [0.3, 0.4) is 0 Å². The van der Waals surface area contributed by atoms with Gasteiger partial charge in [0.2, 0.25) is 5.91 Å². The van der Waals surface area contributed by atoms with Gasteiger partial charge in [-0.2, -0.15) is 5.26 Å². The van der Waals surface area contributed by atoms with Crippen LogP contribution in [0.5, 0.6) is 0 Å². The molecule has 0 bridgehead atoms. The number of amides is 1. The molecule has 1 heterocycles. The molecule has 5 heteroatoms. The minimum atomic E-state index is -0.550. The van der Waals surface area contributed by atoms with Gasteiger partial charge in [0.25, 0.3) is 0 Å². The third-order valence-corrected chi connectivity index (χ3v) is 6.18. The lowest BCUT2D eigenvalue weighted by Gasteiger charge is -2.52. The third-order valence-electron chi connectivity index (χ3n) is 6.18. The average molecular weight is 402 g/mol. The number of aliphatic hydroxyl groups excluding tert-OH is 1. The fourth-order valence-corrected chi connectivity index (χ4v) is 4.56. The quantitative estimate of drug-likeness (QED) is 0.798. The average Bonchev–Trinajstić information content (AvgIpc) is 3.29. The van der Waals surface area contributed by atoms with E-state index < -0.39 is 6.04 Å². The third kappa shape index (κ3) is 3.82. The van der Waals surface area contributed by atoms with Crippen molar-refractivity contribution in [3.63, 3.8) is 0 Å². The number of rotatable bonds is 3. The number of benzene rings is 2. The van der Waals surface area contributed by atoms with E-state index in [-0.39, 0.29) is 36.2 Å². The van der Waals surface area contributed by atoms with Gasteiger partial charge < -0.3 is 10.0 Å². The zero-order valence-corrected chi connectivity index (χ0v) is 16.6. The molecule has 3 atom stereocenters. The van der Waals surface area contributed by atoms with E-state index in [1.165, 1.54) is 12.1 Å². The van der Waals surface area contributed by atoms with Gasteiger partial charge in [-0.25, -0.2) is 4.39 Å². The van der Waals surface area contributed by atoms with Gasteiger partial charge >= 0.3 is 0 Å². The van der Waals surface area contributed by atoms with Gasteiger partial charge in [-0.05, 0) is 54.8 Å². The van der Waals surface area contributed by atoms with Crippen LogP contribution in [0, 0.1) is 34.9 Å². The van der Waals surface area contributed by atoms with Gasteiger partial charge in [-0.1, -0.05) is 36.8 Å². The molecule has 0 unspecified atom stereocenters. The van der Waals surface area contributed by atoms with Crippen LogP contribution in [0.1, 0.15) is 48.3 Å². The SMILES string of the molecule is N#C[C@@H]1[C@H](c2ccc(C#Cc3ccc(F)cc3)cc2)[C@@H](CO)N1C(=O)C1CCCC1. The standard InChI is InChI=1S/C25H23FN2O2/c26-21-13-9-18(10-14-21)6-5-17-7-11-19(12-8-17)24-22(15-27)28(23(24)16-29)25(30)20-3-1-2-4-20/h7-14,20,22-24,29H,1-4,16H2/t22-,23-,24+/m1/s1. The van der Waals surface area contributed by atoms with Crippen molar-refractivity contribution in [2.75, 3.05) is 6.61 Å². The van der Waals surface area contributed by atoms with Gasteiger partial charge in [-0.15, -0.1) is 0 Å². The molecular weight excluding hydrogens is 379 g/mol. The molecule has 1 saturated carbocycles. The first-order valence-corrected chi connectivity index (χ1v) is 10.3. The first-order valence-electron chi connectivity index (χ1n) is 10.3. The molecule has 1 N–H and O–H groups in total. The Morgan fingerprint density at radius 3 is 2.13 bits per heavy atom. The van der Waals surface area contributed by atoms with Crippen molar-refractivity contribution < 1.29 is 14.3 Å². The van der Waals surface area contributed by atoms with Crippen LogP contribution in [0.2, 0.25) is 0 Å². The number of likely N-dealkylation sites (tertiary alicyclic amines) is 1. The number of nitrogens with zero attached hydrogens (tertiary/aromatic N) is 2. The minimum Gasteiger partial charge on any atom is -0.394 e. The second kappa shape index (κ2) is 8.69. The van der Waals surface area contributed by atoms with E-state index >= 15 is 0 Å². The van der Waals surface area contributed by atoms with Gasteiger partial charge in [0, 0.05) is 23.0 Å². The fourth-order valence-electron chi connectivity index (χ4n) is 4.56. The zero-order valence-electron chi connectivity index (χ0n) is 16.6. The van der Waals surface area contributed by atoms with Crippen molar-refractivity contribution in [3.05, 3.63) is 71.0 Å². The lowest BCUT2D eigenvalue weighted by atomic mass is 9.75. The number of hydrogen-bond acceptors (Lipinski definition) is 3. The topological polar surface area (TPSA) is 64.3 Å². The van der Waals surface area contributed by atoms with Crippen molar-refractivity contribution in [2.24, 2.45) is 5.92 Å². The Morgan fingerprint density at radius 1 is 1.03 bits per heavy atom. The molecule has 2 aliphatic rings. The highest BCUT2D eigenvalue weighted by Gasteiger charge is 2.52. The van der Waals surface area contributed by atoms with Crippen molar-refractivity contribution in [3.8, 4) is 17.9 Å². The van der Waals surface area contributed by atoms with Gasteiger partial charge in [0.1, 0.15) is 11.9 Å². The summed E-state index contributed by atoms with van der Waals surface area (Å²) in [6.45, 7) is -0.159. The van der Waals surface area contributed by atoms with Crippen LogP contribution in [-0.4, -0.2) is 34.6 Å². The maximum absolute atomic E-state index is 13.0. The highest BCUT2D eigenvalue weighted by atomic mass is 19.1. The predicted octanol–water partition coefficient (Wildman–Crippen LogP) is 3.59. The Kier molecular flexibility index (Phi) is 5.84. The second-order valence-corrected chi connectivity index (χ2v) is 7.96. The summed E-state index contributed by atoms with van der Waals surface area (Å²) in [5, 5.41) is 19.6. The van der Waals surface area contributed by atoms with Crippen molar-refractivity contribution in [1.29, 1.82) is 5.26 Å². The number of halogens is 1. The highest BCUT2D eigenvalue weighted by Crippen LogP contribution is 2.42. The molecule has 0 spiro atoms. The summed E-state index contributed by atoms with van der Waals surface area (Å²) < 4.78 is 13.0. The lowest BCUT2D eigenvalue weighted by molar-refractivity contribution is -0.151. The number of carbonyl (C=O) groups excluding carboxylic acids is 1. The molecule has 1 aliphatic heterocycles. The Balaban J connectivity index is 1.50. The van der Waals surface area contributed by atoms with E-state index in [0.717, 1.165) is 42.4 Å². The van der Waals surface area contributed by atoms with Crippen LogP contribution >= 0.6 is 0 Å². The largest absolute Gasteiger partial charge is 0.394 e. The van der Waals surface area contributed by atoms with E-state index in [4.69, 9.17) is 0 Å². The first-order chi connectivity index (χ1) is 14.6. The van der Waals surface area contributed by atoms with E-state index in [0.29, 0.717) is 0 Å². The monoisotopic (exact) mass is 402 g/mol. The second-order valence-electron chi connectivity index (χ2n) is 7.96. The normalized spacial score (nSPS) is 23.2. The maximum Gasteiger partial charge on any atom is 0.227 e. The van der Waals surface area contributed by atoms with E-state index in [2.05, 4.69) is 17.9 Å². The first kappa shape index (κ1) is 20.1. The van der Waals surface area contributed by atoms with Crippen LogP contribution in [0.4, 0.5) is 4.39 Å². The molecule has 30 heavy (non-hydrogen) atoms. The summed E-state index contributed by atoms with van der Waals surface area (Å²) in [6, 6.07) is 14.9. The van der Waals surface area contributed by atoms with Crippen molar-refractivity contribution in [1.82, 2.24) is 4.90 Å². The Hall–Kier alpha value is -3.15. The van der Waals surface area contributed by atoms with Gasteiger partial charge in [0.15, 0.2) is 0 Å². The molecule has 152 valence electrons. The number of carbonyl (C=O) groups is 1. The Morgan fingerprint density at radius 2 is 1.60 bits per heavy atom. The van der Waals surface area contributed by atoms with Crippen LogP contribution < -0.4 is 0 Å². The molecule has 4 rings (SSSR count). The van der Waals surface area contributed by atoms with Crippen molar-refractivity contribution >= 4 is 5.91 Å². The summed E-state index contributed by atoms with van der Waals surface area (Å²) in [5.41, 5.74) is 2.45.